The molecule has 0 radical (unpaired) electrons. The Morgan fingerprint density at radius 2 is 2.08 bits per heavy atom. The number of hydrogen-bond acceptors (Lipinski definition) is 7. The zero-order valence-corrected chi connectivity index (χ0v) is 13.6. The van der Waals surface area contributed by atoms with Gasteiger partial charge in [0.2, 0.25) is 17.7 Å². The molecular formula is C17H19N5O2. The van der Waals surface area contributed by atoms with Crippen LogP contribution in [0.15, 0.2) is 30.6 Å². The van der Waals surface area contributed by atoms with Crippen molar-refractivity contribution >= 4 is 5.95 Å². The number of methoxy groups -OCH3 is 1. The first-order chi connectivity index (χ1) is 11.8. The van der Waals surface area contributed by atoms with Crippen LogP contribution in [0.1, 0.15) is 18.4 Å². The zero-order chi connectivity index (χ0) is 16.8. The Bertz CT molecular complexity index is 723. The van der Waals surface area contributed by atoms with Crippen LogP contribution in [0, 0.1) is 17.2 Å². The molecule has 1 aliphatic heterocycles. The summed E-state index contributed by atoms with van der Waals surface area (Å²) in [6, 6.07) is 7.29. The van der Waals surface area contributed by atoms with Crippen molar-refractivity contribution in [3.8, 4) is 17.8 Å². The smallest absolute Gasteiger partial charge is 0.231 e. The SMILES string of the molecule is COc1ccnc(N2CCC(COc3ncccc3C#N)CC2)n1. The lowest BCUT2D eigenvalue weighted by molar-refractivity contribution is 0.215. The van der Waals surface area contributed by atoms with Crippen LogP contribution in [-0.4, -0.2) is 41.8 Å². The maximum Gasteiger partial charge on any atom is 0.231 e. The topological polar surface area (TPSA) is 84.2 Å². The molecule has 0 atom stereocenters. The molecule has 7 heteroatoms. The van der Waals surface area contributed by atoms with Gasteiger partial charge in [0.25, 0.3) is 0 Å². The van der Waals surface area contributed by atoms with Crippen molar-refractivity contribution in [3.63, 3.8) is 0 Å². The number of anilines is 1. The van der Waals surface area contributed by atoms with Gasteiger partial charge in [-0.3, -0.25) is 0 Å². The molecule has 0 bridgehead atoms. The van der Waals surface area contributed by atoms with Gasteiger partial charge in [0.05, 0.1) is 13.7 Å². The van der Waals surface area contributed by atoms with E-state index < -0.39 is 0 Å². The highest BCUT2D eigenvalue weighted by Crippen LogP contribution is 2.23. The van der Waals surface area contributed by atoms with Gasteiger partial charge in [-0.1, -0.05) is 0 Å². The number of nitriles is 1. The lowest BCUT2D eigenvalue weighted by Crippen LogP contribution is -2.36. The third-order valence-electron chi connectivity index (χ3n) is 4.07. The first-order valence-corrected chi connectivity index (χ1v) is 7.90. The van der Waals surface area contributed by atoms with E-state index in [0.29, 0.717) is 35.8 Å². The first-order valence-electron chi connectivity index (χ1n) is 7.90. The van der Waals surface area contributed by atoms with Gasteiger partial charge in [-0.15, -0.1) is 0 Å². The Morgan fingerprint density at radius 3 is 2.83 bits per heavy atom. The average Bonchev–Trinajstić information content (AvgIpc) is 2.67. The highest BCUT2D eigenvalue weighted by molar-refractivity contribution is 5.37. The van der Waals surface area contributed by atoms with Gasteiger partial charge < -0.3 is 14.4 Å². The van der Waals surface area contributed by atoms with E-state index in [4.69, 9.17) is 14.7 Å². The van der Waals surface area contributed by atoms with Gasteiger partial charge in [-0.05, 0) is 30.9 Å². The van der Waals surface area contributed by atoms with Gasteiger partial charge >= 0.3 is 0 Å². The number of ether oxygens (including phenoxy) is 2. The molecule has 2 aromatic heterocycles. The van der Waals surface area contributed by atoms with E-state index in [2.05, 4.69) is 25.9 Å². The van der Waals surface area contributed by atoms with Crippen molar-refractivity contribution in [1.82, 2.24) is 15.0 Å². The number of aromatic nitrogens is 3. The summed E-state index contributed by atoms with van der Waals surface area (Å²) < 4.78 is 10.9. The number of rotatable bonds is 5. The highest BCUT2D eigenvalue weighted by atomic mass is 16.5. The monoisotopic (exact) mass is 325 g/mol. The third kappa shape index (κ3) is 3.71. The van der Waals surface area contributed by atoms with Crippen molar-refractivity contribution in [2.75, 3.05) is 31.7 Å². The fourth-order valence-electron chi connectivity index (χ4n) is 2.69. The number of hydrogen-bond donors (Lipinski definition) is 0. The molecule has 0 N–H and O–H groups in total. The number of nitrogens with zero attached hydrogens (tertiary/aromatic N) is 5. The summed E-state index contributed by atoms with van der Waals surface area (Å²) in [5, 5.41) is 9.06. The second kappa shape index (κ2) is 7.59. The molecule has 2 aromatic rings. The molecule has 1 aliphatic rings. The molecule has 0 spiro atoms. The average molecular weight is 325 g/mol. The lowest BCUT2D eigenvalue weighted by Gasteiger charge is -2.31. The van der Waals surface area contributed by atoms with E-state index in [9.17, 15) is 0 Å². The van der Waals surface area contributed by atoms with Crippen LogP contribution in [0.3, 0.4) is 0 Å². The van der Waals surface area contributed by atoms with Crippen LogP contribution >= 0.6 is 0 Å². The molecule has 1 saturated heterocycles. The van der Waals surface area contributed by atoms with Crippen LogP contribution in [0.25, 0.3) is 0 Å². The number of pyridine rings is 1. The minimum atomic E-state index is 0.415. The van der Waals surface area contributed by atoms with E-state index >= 15 is 0 Å². The van der Waals surface area contributed by atoms with Gasteiger partial charge in [-0.25, -0.2) is 9.97 Å². The van der Waals surface area contributed by atoms with E-state index in [0.717, 1.165) is 25.9 Å². The van der Waals surface area contributed by atoms with Gasteiger partial charge in [-0.2, -0.15) is 10.2 Å². The van der Waals surface area contributed by atoms with Crippen LogP contribution in [0.2, 0.25) is 0 Å². The van der Waals surface area contributed by atoms with E-state index in [-0.39, 0.29) is 0 Å². The summed E-state index contributed by atoms with van der Waals surface area (Å²) >= 11 is 0. The fourth-order valence-corrected chi connectivity index (χ4v) is 2.69. The Labute approximate surface area is 140 Å². The summed E-state index contributed by atoms with van der Waals surface area (Å²) in [6.45, 7) is 2.31. The largest absolute Gasteiger partial charge is 0.481 e. The molecule has 124 valence electrons. The first kappa shape index (κ1) is 16.0. The van der Waals surface area contributed by atoms with Gasteiger partial charge in [0.1, 0.15) is 11.6 Å². The molecule has 3 heterocycles. The maximum atomic E-state index is 9.06. The van der Waals surface area contributed by atoms with Crippen LogP contribution < -0.4 is 14.4 Å². The van der Waals surface area contributed by atoms with Crippen molar-refractivity contribution in [2.45, 2.75) is 12.8 Å². The summed E-state index contributed by atoms with van der Waals surface area (Å²) in [5.74, 6) is 2.12. The van der Waals surface area contributed by atoms with Crippen molar-refractivity contribution in [3.05, 3.63) is 36.2 Å². The van der Waals surface area contributed by atoms with Crippen molar-refractivity contribution in [1.29, 1.82) is 5.26 Å². The molecule has 3 rings (SSSR count). The molecule has 0 unspecified atom stereocenters. The van der Waals surface area contributed by atoms with Crippen molar-refractivity contribution in [2.24, 2.45) is 5.92 Å². The molecule has 0 aliphatic carbocycles. The van der Waals surface area contributed by atoms with E-state index in [1.165, 1.54) is 0 Å². The second-order valence-corrected chi connectivity index (χ2v) is 5.61. The Morgan fingerprint density at radius 1 is 1.25 bits per heavy atom. The van der Waals surface area contributed by atoms with E-state index in [1.807, 2.05) is 0 Å². The van der Waals surface area contributed by atoms with Gasteiger partial charge in [0.15, 0.2) is 0 Å². The molecule has 0 saturated carbocycles. The normalized spacial score (nSPS) is 14.9. The summed E-state index contributed by atoms with van der Waals surface area (Å²) in [6.07, 6.45) is 5.31. The summed E-state index contributed by atoms with van der Waals surface area (Å²) in [7, 11) is 1.60. The molecule has 1 fully saturated rings. The molecule has 24 heavy (non-hydrogen) atoms. The van der Waals surface area contributed by atoms with Crippen LogP contribution in [0.5, 0.6) is 11.8 Å². The van der Waals surface area contributed by atoms with Crippen molar-refractivity contribution < 1.29 is 9.47 Å². The molecule has 0 aromatic carbocycles. The quantitative estimate of drug-likeness (QED) is 0.831. The Balaban J connectivity index is 1.53. The number of piperidine rings is 1. The lowest BCUT2D eigenvalue weighted by atomic mass is 9.98. The van der Waals surface area contributed by atoms with Gasteiger partial charge in [0, 0.05) is 31.5 Å². The predicted molar refractivity (Wildman–Crippen MR) is 88.0 cm³/mol. The minimum absolute atomic E-state index is 0.415. The fraction of sp³-hybridized carbons (Fsp3) is 0.412. The van der Waals surface area contributed by atoms with Crippen LogP contribution in [0.4, 0.5) is 5.95 Å². The summed E-state index contributed by atoms with van der Waals surface area (Å²) in [5.41, 5.74) is 0.472. The van der Waals surface area contributed by atoms with E-state index in [1.54, 1.807) is 37.7 Å². The summed E-state index contributed by atoms with van der Waals surface area (Å²) in [4.78, 5) is 15.0. The third-order valence-corrected chi connectivity index (χ3v) is 4.07. The molecule has 7 nitrogen and oxygen atoms in total. The standard InChI is InChI=1S/C17H19N5O2/c1-23-15-4-8-20-17(21-15)22-9-5-13(6-10-22)12-24-16-14(11-18)3-2-7-19-16/h2-4,7-8,13H,5-6,9-10,12H2,1H3. The molecular weight excluding hydrogens is 306 g/mol. The highest BCUT2D eigenvalue weighted by Gasteiger charge is 2.22. The Kier molecular flexibility index (Phi) is 5.06. The Hall–Kier alpha value is -2.88. The minimum Gasteiger partial charge on any atom is -0.481 e. The molecule has 0 amide bonds. The maximum absolute atomic E-state index is 9.06. The predicted octanol–water partition coefficient (Wildman–Crippen LogP) is 2.05. The zero-order valence-electron chi connectivity index (χ0n) is 13.6. The van der Waals surface area contributed by atoms with Crippen LogP contribution in [-0.2, 0) is 0 Å². The second-order valence-electron chi connectivity index (χ2n) is 5.61.